The third kappa shape index (κ3) is 1.75. The zero-order valence-corrected chi connectivity index (χ0v) is 10.6. The van der Waals surface area contributed by atoms with Crippen LogP contribution in [-0.4, -0.2) is 30.6 Å². The third-order valence-electron chi connectivity index (χ3n) is 3.09. The van der Waals surface area contributed by atoms with Crippen LogP contribution in [0.3, 0.4) is 0 Å². The number of carbonyl (C=O) groups is 1. The largest absolute Gasteiger partial charge is 0.477 e. The lowest BCUT2D eigenvalue weighted by molar-refractivity contribution is 0.0692. The Hall–Kier alpha value is -2.70. The average Bonchev–Trinajstić information content (AvgIpc) is 3.01. The number of aromatic nitrogens is 4. The van der Waals surface area contributed by atoms with Crippen LogP contribution in [0.5, 0.6) is 0 Å². The molecule has 0 saturated carbocycles. The smallest absolute Gasteiger partial charge is 0.354 e. The molecule has 0 spiro atoms. The predicted octanol–water partition coefficient (Wildman–Crippen LogP) is 2.28. The van der Waals surface area contributed by atoms with Gasteiger partial charge in [0, 0.05) is 12.6 Å². The van der Waals surface area contributed by atoms with Crippen molar-refractivity contribution in [2.75, 3.05) is 0 Å². The minimum Gasteiger partial charge on any atom is -0.477 e. The van der Waals surface area contributed by atoms with Crippen LogP contribution < -0.4 is 0 Å². The van der Waals surface area contributed by atoms with Crippen molar-refractivity contribution in [3.63, 3.8) is 0 Å². The van der Waals surface area contributed by atoms with E-state index in [1.807, 2.05) is 6.92 Å². The number of benzene rings is 1. The second-order valence-corrected chi connectivity index (χ2v) is 4.24. The summed E-state index contributed by atoms with van der Waals surface area (Å²) in [5.41, 5.74) is 1.43. The van der Waals surface area contributed by atoms with Crippen LogP contribution >= 0.6 is 0 Å². The third-order valence-corrected chi connectivity index (χ3v) is 3.09. The highest BCUT2D eigenvalue weighted by Crippen LogP contribution is 2.25. The van der Waals surface area contributed by atoms with Gasteiger partial charge in [-0.1, -0.05) is 0 Å². The number of carboxylic acids is 1. The molecule has 7 heteroatoms. The Morgan fingerprint density at radius 2 is 2.30 bits per heavy atom. The summed E-state index contributed by atoms with van der Waals surface area (Å²) < 4.78 is 15.1. The van der Waals surface area contributed by atoms with Crippen LogP contribution in [0.4, 0.5) is 4.39 Å². The molecule has 0 aliphatic rings. The van der Waals surface area contributed by atoms with E-state index in [1.165, 1.54) is 18.5 Å². The van der Waals surface area contributed by atoms with Crippen LogP contribution in [0.25, 0.3) is 22.6 Å². The fourth-order valence-corrected chi connectivity index (χ4v) is 2.23. The van der Waals surface area contributed by atoms with E-state index in [1.54, 1.807) is 10.6 Å². The molecular weight excluding hydrogens is 263 g/mol. The van der Waals surface area contributed by atoms with Gasteiger partial charge in [0.1, 0.15) is 11.5 Å². The Morgan fingerprint density at radius 3 is 3.00 bits per heavy atom. The second kappa shape index (κ2) is 4.44. The first-order chi connectivity index (χ1) is 9.61. The maximum atomic E-state index is 13.3. The molecule has 2 heterocycles. The highest BCUT2D eigenvalue weighted by atomic mass is 19.1. The zero-order chi connectivity index (χ0) is 14.3. The van der Waals surface area contributed by atoms with Crippen molar-refractivity contribution in [2.45, 2.75) is 13.5 Å². The Bertz CT molecular complexity index is 806. The van der Waals surface area contributed by atoms with Crippen molar-refractivity contribution in [3.8, 4) is 11.5 Å². The van der Waals surface area contributed by atoms with Crippen molar-refractivity contribution in [2.24, 2.45) is 0 Å². The van der Waals surface area contributed by atoms with Gasteiger partial charge in [-0.05, 0) is 19.1 Å². The highest BCUT2D eigenvalue weighted by Gasteiger charge is 2.20. The number of aromatic amines is 1. The fraction of sp³-hybridized carbons (Fsp3) is 0.154. The maximum Gasteiger partial charge on any atom is 0.354 e. The summed E-state index contributed by atoms with van der Waals surface area (Å²) in [5.74, 6) is -1.09. The summed E-state index contributed by atoms with van der Waals surface area (Å²) in [4.78, 5) is 22.1. The van der Waals surface area contributed by atoms with E-state index >= 15 is 0 Å². The first-order valence-electron chi connectivity index (χ1n) is 6.04. The molecule has 6 nitrogen and oxygen atoms in total. The summed E-state index contributed by atoms with van der Waals surface area (Å²) in [7, 11) is 0. The minimum atomic E-state index is -1.11. The number of nitrogens with zero attached hydrogens (tertiary/aromatic N) is 3. The lowest BCUT2D eigenvalue weighted by Gasteiger charge is -2.04. The standard InChI is InChI=1S/C13H11FN4O2/c1-2-18-9-4-3-7(14)5-8(9)17-12(18)10-11(13(19)20)16-6-15-10/h3-6H,2H2,1H3,(H,15,16)(H,19,20). The minimum absolute atomic E-state index is 0.0320. The molecule has 0 fully saturated rings. The molecule has 2 aromatic heterocycles. The van der Waals surface area contributed by atoms with Gasteiger partial charge in [0.05, 0.1) is 17.4 Å². The number of carboxylic acid groups (broad SMARTS) is 1. The summed E-state index contributed by atoms with van der Waals surface area (Å²) in [6.45, 7) is 2.48. The lowest BCUT2D eigenvalue weighted by Crippen LogP contribution is -2.04. The molecule has 0 unspecified atom stereocenters. The van der Waals surface area contributed by atoms with Gasteiger partial charge in [-0.25, -0.2) is 19.2 Å². The quantitative estimate of drug-likeness (QED) is 0.767. The SMILES string of the molecule is CCn1c(-c2nc[nH]c2C(=O)O)nc2cc(F)ccc21. The summed E-state index contributed by atoms with van der Waals surface area (Å²) in [6.07, 6.45) is 1.30. The van der Waals surface area contributed by atoms with Gasteiger partial charge < -0.3 is 14.7 Å². The van der Waals surface area contributed by atoms with Crippen LogP contribution in [-0.2, 0) is 6.54 Å². The number of aromatic carboxylic acids is 1. The average molecular weight is 274 g/mol. The van der Waals surface area contributed by atoms with Gasteiger partial charge in [-0.3, -0.25) is 0 Å². The van der Waals surface area contributed by atoms with E-state index in [2.05, 4.69) is 15.0 Å². The molecule has 102 valence electrons. The van der Waals surface area contributed by atoms with Crippen molar-refractivity contribution >= 4 is 17.0 Å². The molecule has 0 aliphatic carbocycles. The molecular formula is C13H11FN4O2. The van der Waals surface area contributed by atoms with Crippen molar-refractivity contribution in [1.82, 2.24) is 19.5 Å². The molecule has 1 aromatic carbocycles. The van der Waals surface area contributed by atoms with Gasteiger partial charge in [-0.2, -0.15) is 0 Å². The molecule has 0 amide bonds. The molecule has 20 heavy (non-hydrogen) atoms. The number of halogens is 1. The van der Waals surface area contributed by atoms with Crippen molar-refractivity contribution in [3.05, 3.63) is 36.0 Å². The van der Waals surface area contributed by atoms with Gasteiger partial charge in [0.15, 0.2) is 11.5 Å². The van der Waals surface area contributed by atoms with Gasteiger partial charge in [0.25, 0.3) is 0 Å². The summed E-state index contributed by atoms with van der Waals surface area (Å²) >= 11 is 0. The first kappa shape index (κ1) is 12.3. The molecule has 0 atom stereocenters. The number of rotatable bonds is 3. The number of fused-ring (bicyclic) bond motifs is 1. The lowest BCUT2D eigenvalue weighted by atomic mass is 10.3. The van der Waals surface area contributed by atoms with E-state index in [0.29, 0.717) is 17.9 Å². The number of imidazole rings is 2. The summed E-state index contributed by atoms with van der Waals surface area (Å²) in [6, 6.07) is 4.29. The number of hydrogen-bond donors (Lipinski definition) is 2. The molecule has 0 aliphatic heterocycles. The monoisotopic (exact) mass is 274 g/mol. The molecule has 3 aromatic rings. The van der Waals surface area contributed by atoms with Crippen molar-refractivity contribution in [1.29, 1.82) is 0 Å². The number of hydrogen-bond acceptors (Lipinski definition) is 3. The Balaban J connectivity index is 2.30. The van der Waals surface area contributed by atoms with Crippen LogP contribution in [0, 0.1) is 5.82 Å². The zero-order valence-electron chi connectivity index (χ0n) is 10.6. The Morgan fingerprint density at radius 1 is 1.50 bits per heavy atom. The van der Waals surface area contributed by atoms with Crippen molar-refractivity contribution < 1.29 is 14.3 Å². The number of H-pyrrole nitrogens is 1. The van der Waals surface area contributed by atoms with Gasteiger partial charge >= 0.3 is 5.97 Å². The van der Waals surface area contributed by atoms with Crippen LogP contribution in [0.1, 0.15) is 17.4 Å². The second-order valence-electron chi connectivity index (χ2n) is 4.24. The molecule has 0 bridgehead atoms. The van der Waals surface area contributed by atoms with Crippen LogP contribution in [0.15, 0.2) is 24.5 Å². The van der Waals surface area contributed by atoms with E-state index in [4.69, 9.17) is 5.11 Å². The topological polar surface area (TPSA) is 83.8 Å². The number of aryl methyl sites for hydroxylation is 1. The number of nitrogens with one attached hydrogen (secondary N) is 1. The van der Waals surface area contributed by atoms with E-state index in [-0.39, 0.29) is 17.2 Å². The van der Waals surface area contributed by atoms with Gasteiger partial charge in [0.2, 0.25) is 0 Å². The molecule has 0 saturated heterocycles. The van der Waals surface area contributed by atoms with Crippen LogP contribution in [0.2, 0.25) is 0 Å². The summed E-state index contributed by atoms with van der Waals surface area (Å²) in [5, 5.41) is 9.13. The van der Waals surface area contributed by atoms with E-state index in [9.17, 15) is 9.18 Å². The normalized spacial score (nSPS) is 11.1. The predicted molar refractivity (Wildman–Crippen MR) is 69.9 cm³/mol. The molecule has 2 N–H and O–H groups in total. The Kier molecular flexibility index (Phi) is 2.74. The fourth-order valence-electron chi connectivity index (χ4n) is 2.23. The van der Waals surface area contributed by atoms with Gasteiger partial charge in [-0.15, -0.1) is 0 Å². The van der Waals surface area contributed by atoms with E-state index < -0.39 is 5.97 Å². The first-order valence-corrected chi connectivity index (χ1v) is 6.04. The molecule has 0 radical (unpaired) electrons. The molecule has 3 rings (SSSR count). The Labute approximate surface area is 112 Å². The van der Waals surface area contributed by atoms with E-state index in [0.717, 1.165) is 5.52 Å². The maximum absolute atomic E-state index is 13.3. The highest BCUT2D eigenvalue weighted by molar-refractivity contribution is 5.93.